The van der Waals surface area contributed by atoms with Crippen molar-refractivity contribution in [1.29, 1.82) is 0 Å². The Morgan fingerprint density at radius 1 is 1.06 bits per heavy atom. The van der Waals surface area contributed by atoms with Gasteiger partial charge in [-0.2, -0.15) is 14.5 Å². The zero-order valence-electron chi connectivity index (χ0n) is 18.2. The Labute approximate surface area is 191 Å². The number of nitrogens with zero attached hydrogens (tertiary/aromatic N) is 7. The Morgan fingerprint density at radius 3 is 2.29 bits per heavy atom. The van der Waals surface area contributed by atoms with Crippen LogP contribution in [-0.4, -0.2) is 74.1 Å². The van der Waals surface area contributed by atoms with Crippen LogP contribution < -0.4 is 0 Å². The van der Waals surface area contributed by atoms with Crippen molar-refractivity contribution in [1.82, 2.24) is 33.6 Å². The molecule has 0 aliphatic carbocycles. The van der Waals surface area contributed by atoms with Gasteiger partial charge in [0.2, 0.25) is 10.0 Å². The highest BCUT2D eigenvalue weighted by molar-refractivity contribution is 7.89. The fourth-order valence-electron chi connectivity index (χ4n) is 3.74. The Balaban J connectivity index is 1.53. The van der Waals surface area contributed by atoms with Gasteiger partial charge in [0.25, 0.3) is 18.8 Å². The first-order valence-corrected chi connectivity index (χ1v) is 11.8. The van der Waals surface area contributed by atoms with Crippen molar-refractivity contribution in [2.75, 3.05) is 26.2 Å². The Kier molecular flexibility index (Phi) is 6.33. The summed E-state index contributed by atoms with van der Waals surface area (Å²) in [5, 5.41) is 8.00. The second-order valence-electron chi connectivity index (χ2n) is 7.64. The molecule has 3 aromatic rings. The van der Waals surface area contributed by atoms with Gasteiger partial charge < -0.3 is 4.90 Å². The number of piperazine rings is 1. The van der Waals surface area contributed by atoms with E-state index in [1.807, 2.05) is 6.92 Å². The number of carbonyl (C=O) groups excluding carboxylic acids is 1. The van der Waals surface area contributed by atoms with E-state index in [-0.39, 0.29) is 42.4 Å². The molecule has 1 aliphatic rings. The van der Waals surface area contributed by atoms with Crippen molar-refractivity contribution in [3.63, 3.8) is 0 Å². The van der Waals surface area contributed by atoms with Gasteiger partial charge in [-0.15, -0.1) is 0 Å². The summed E-state index contributed by atoms with van der Waals surface area (Å²) in [6.45, 7) is 4.03. The van der Waals surface area contributed by atoms with E-state index >= 15 is 0 Å². The van der Waals surface area contributed by atoms with Gasteiger partial charge in [-0.3, -0.25) is 9.48 Å². The molecule has 0 N–H and O–H groups in total. The average molecular weight is 503 g/mol. The van der Waals surface area contributed by atoms with Gasteiger partial charge in [0.05, 0.1) is 5.69 Å². The molecule has 4 heterocycles. The van der Waals surface area contributed by atoms with Crippen molar-refractivity contribution in [2.45, 2.75) is 38.1 Å². The van der Waals surface area contributed by atoms with Crippen LogP contribution >= 0.6 is 0 Å². The van der Waals surface area contributed by atoms with E-state index in [4.69, 9.17) is 0 Å². The lowest BCUT2D eigenvalue weighted by Gasteiger charge is -2.33. The summed E-state index contributed by atoms with van der Waals surface area (Å²) in [4.78, 5) is 17.9. The van der Waals surface area contributed by atoms with Crippen molar-refractivity contribution >= 4 is 21.6 Å². The largest absolute Gasteiger partial charge is 0.335 e. The molecule has 0 radical (unpaired) electrons. The highest BCUT2D eigenvalue weighted by Gasteiger charge is 2.33. The molecule has 0 unspecified atom stereocenters. The summed E-state index contributed by atoms with van der Waals surface area (Å²) in [6.07, 6.45) is -4.72. The van der Waals surface area contributed by atoms with Crippen LogP contribution in [0.4, 0.5) is 17.6 Å². The van der Waals surface area contributed by atoms with E-state index in [1.54, 1.807) is 6.92 Å². The molecule has 4 rings (SSSR count). The summed E-state index contributed by atoms with van der Waals surface area (Å²) >= 11 is 0. The second-order valence-corrected chi connectivity index (χ2v) is 9.54. The van der Waals surface area contributed by atoms with E-state index in [9.17, 15) is 30.8 Å². The molecule has 10 nitrogen and oxygen atoms in total. The summed E-state index contributed by atoms with van der Waals surface area (Å²) < 4.78 is 82.2. The summed E-state index contributed by atoms with van der Waals surface area (Å²) in [5.41, 5.74) is -1.84. The van der Waals surface area contributed by atoms with Crippen LogP contribution in [-0.2, 0) is 16.6 Å². The normalized spacial score (nSPS) is 15.7. The molecule has 0 bridgehead atoms. The molecule has 0 atom stereocenters. The minimum Gasteiger partial charge on any atom is -0.335 e. The quantitative estimate of drug-likeness (QED) is 0.478. The number of rotatable bonds is 6. The lowest BCUT2D eigenvalue weighted by molar-refractivity contribution is 0.0690. The number of halogens is 4. The number of sulfonamides is 1. The van der Waals surface area contributed by atoms with Gasteiger partial charge in [-0.25, -0.2) is 35.5 Å². The first-order chi connectivity index (χ1) is 16.0. The Hall–Kier alpha value is -3.07. The standard InChI is InChI=1S/C19H21F4N7O3S/c1-3-28-10-15(11(2)25-28)34(32,33)29-6-4-27(5-7-29)19(31)13-9-16-24-12(17(20)21)8-14(18(22)23)30(16)26-13/h8-10,17-18H,3-7H2,1-2H3. The van der Waals surface area contributed by atoms with E-state index in [2.05, 4.69) is 15.2 Å². The topological polar surface area (TPSA) is 106 Å². The maximum atomic E-state index is 13.4. The predicted molar refractivity (Wildman–Crippen MR) is 110 cm³/mol. The van der Waals surface area contributed by atoms with Crippen LogP contribution in [0.3, 0.4) is 0 Å². The number of fused-ring (bicyclic) bond motifs is 1. The monoisotopic (exact) mass is 503 g/mol. The van der Waals surface area contributed by atoms with Crippen LogP contribution in [0.2, 0.25) is 0 Å². The number of aromatic nitrogens is 5. The average Bonchev–Trinajstić information content (AvgIpc) is 3.41. The molecule has 1 amide bonds. The molecule has 0 aromatic carbocycles. The minimum absolute atomic E-state index is 0.00819. The first-order valence-electron chi connectivity index (χ1n) is 10.3. The molecule has 34 heavy (non-hydrogen) atoms. The van der Waals surface area contributed by atoms with Crippen molar-refractivity contribution in [2.24, 2.45) is 0 Å². The number of carbonyl (C=O) groups is 1. The molecule has 0 saturated carbocycles. The molecule has 1 fully saturated rings. The van der Waals surface area contributed by atoms with Gasteiger partial charge in [0.15, 0.2) is 11.3 Å². The number of hydrogen-bond donors (Lipinski definition) is 0. The van der Waals surface area contributed by atoms with Gasteiger partial charge in [0, 0.05) is 45.0 Å². The van der Waals surface area contributed by atoms with E-state index in [1.165, 1.54) is 20.1 Å². The molecular formula is C19H21F4N7O3S. The third-order valence-electron chi connectivity index (χ3n) is 5.51. The van der Waals surface area contributed by atoms with Crippen LogP contribution in [0.5, 0.6) is 0 Å². The van der Waals surface area contributed by atoms with Crippen molar-refractivity contribution in [3.8, 4) is 0 Å². The first kappa shape index (κ1) is 24.1. The fraction of sp³-hybridized carbons (Fsp3) is 0.474. The van der Waals surface area contributed by atoms with Crippen LogP contribution in [0, 0.1) is 6.92 Å². The smallest absolute Gasteiger partial charge is 0.280 e. The molecule has 184 valence electrons. The maximum absolute atomic E-state index is 13.4. The number of aryl methyl sites for hydroxylation is 2. The molecule has 1 saturated heterocycles. The van der Waals surface area contributed by atoms with E-state index < -0.39 is 40.2 Å². The number of amides is 1. The summed E-state index contributed by atoms with van der Waals surface area (Å²) in [7, 11) is -3.82. The van der Waals surface area contributed by atoms with Gasteiger partial charge in [0.1, 0.15) is 16.3 Å². The predicted octanol–water partition coefficient (Wildman–Crippen LogP) is 2.28. The van der Waals surface area contributed by atoms with Crippen molar-refractivity contribution < 1.29 is 30.8 Å². The van der Waals surface area contributed by atoms with E-state index in [0.717, 1.165) is 6.07 Å². The van der Waals surface area contributed by atoms with E-state index in [0.29, 0.717) is 22.8 Å². The molecule has 0 spiro atoms. The summed E-state index contributed by atoms with van der Waals surface area (Å²) in [6, 6.07) is 1.61. The molecular weight excluding hydrogens is 482 g/mol. The second kappa shape index (κ2) is 8.94. The fourth-order valence-corrected chi connectivity index (χ4v) is 5.33. The molecule has 15 heteroatoms. The highest BCUT2D eigenvalue weighted by atomic mass is 32.2. The number of hydrogen-bond acceptors (Lipinski definition) is 6. The zero-order valence-corrected chi connectivity index (χ0v) is 19.0. The Bertz CT molecular complexity index is 1330. The lowest BCUT2D eigenvalue weighted by atomic mass is 10.3. The highest BCUT2D eigenvalue weighted by Crippen LogP contribution is 2.26. The van der Waals surface area contributed by atoms with Crippen LogP contribution in [0.1, 0.15) is 47.3 Å². The maximum Gasteiger partial charge on any atom is 0.280 e. The molecule has 1 aliphatic heterocycles. The lowest BCUT2D eigenvalue weighted by Crippen LogP contribution is -2.50. The van der Waals surface area contributed by atoms with Gasteiger partial charge >= 0.3 is 0 Å². The SMILES string of the molecule is CCn1cc(S(=O)(=O)N2CCN(C(=O)c3cc4nc(C(F)F)cc(C(F)F)n4n3)CC2)c(C)n1. The van der Waals surface area contributed by atoms with Gasteiger partial charge in [-0.1, -0.05) is 0 Å². The summed E-state index contributed by atoms with van der Waals surface area (Å²) in [5.74, 6) is -0.642. The van der Waals surface area contributed by atoms with Crippen LogP contribution in [0.25, 0.3) is 5.65 Å². The Morgan fingerprint density at radius 2 is 1.74 bits per heavy atom. The molecule has 3 aromatic heterocycles. The van der Waals surface area contributed by atoms with Crippen molar-refractivity contribution in [3.05, 3.63) is 41.1 Å². The third-order valence-corrected chi connectivity index (χ3v) is 7.51. The minimum atomic E-state index is -3.82. The van der Waals surface area contributed by atoms with Crippen LogP contribution in [0.15, 0.2) is 23.2 Å². The third kappa shape index (κ3) is 4.24. The number of alkyl halides is 4. The zero-order chi connectivity index (χ0) is 24.8. The van der Waals surface area contributed by atoms with Gasteiger partial charge in [-0.05, 0) is 19.9 Å².